The quantitative estimate of drug-likeness (QED) is 0.337. The average molecular weight is 467 g/mol. The normalized spacial score (nSPS) is 11.2. The van der Waals surface area contributed by atoms with Gasteiger partial charge in [-0.1, -0.05) is 47.2 Å². The third kappa shape index (κ3) is 5.41. The van der Waals surface area contributed by atoms with Crippen LogP contribution in [0, 0.1) is 32.1 Å². The van der Waals surface area contributed by atoms with Crippen LogP contribution in [0.2, 0.25) is 0 Å². The number of carbonyl (C=O) groups excluding carboxylic acids is 1. The standard InChI is InChI=1S/C23H19BrN2O2S/c1-14-4-7-19(8-5-14)29-23-20(24)12-18(28-23)11-17(13-25)22(27)26-21-9-6-15(2)10-16(21)3/h4-12H,1-3H3,(H,26,27)/b17-11+. The summed E-state index contributed by atoms with van der Waals surface area (Å²) in [6.45, 7) is 5.93. The highest BCUT2D eigenvalue weighted by molar-refractivity contribution is 9.10. The molecular formula is C23H19BrN2O2S. The molecule has 0 saturated carbocycles. The van der Waals surface area contributed by atoms with Gasteiger partial charge in [0, 0.05) is 16.7 Å². The number of nitrogens with zero attached hydrogens (tertiary/aromatic N) is 1. The number of benzene rings is 2. The van der Waals surface area contributed by atoms with Crippen molar-refractivity contribution in [1.82, 2.24) is 0 Å². The maximum Gasteiger partial charge on any atom is 0.266 e. The summed E-state index contributed by atoms with van der Waals surface area (Å²) in [6.07, 6.45) is 1.45. The van der Waals surface area contributed by atoms with E-state index >= 15 is 0 Å². The summed E-state index contributed by atoms with van der Waals surface area (Å²) in [4.78, 5) is 13.6. The summed E-state index contributed by atoms with van der Waals surface area (Å²) in [6, 6.07) is 17.5. The van der Waals surface area contributed by atoms with Crippen molar-refractivity contribution in [3.05, 3.63) is 81.0 Å². The third-order valence-electron chi connectivity index (χ3n) is 4.19. The number of aryl methyl sites for hydroxylation is 3. The average Bonchev–Trinajstić information content (AvgIpc) is 3.02. The molecule has 29 heavy (non-hydrogen) atoms. The van der Waals surface area contributed by atoms with Crippen LogP contribution in [0.25, 0.3) is 6.08 Å². The van der Waals surface area contributed by atoms with Crippen LogP contribution in [-0.4, -0.2) is 5.91 Å². The van der Waals surface area contributed by atoms with Gasteiger partial charge in [0.2, 0.25) is 0 Å². The second-order valence-corrected chi connectivity index (χ2v) is 8.54. The van der Waals surface area contributed by atoms with E-state index in [0.717, 1.165) is 20.5 Å². The van der Waals surface area contributed by atoms with Gasteiger partial charge in [0.15, 0.2) is 5.09 Å². The first-order valence-corrected chi connectivity index (χ1v) is 10.5. The summed E-state index contributed by atoms with van der Waals surface area (Å²) in [7, 11) is 0. The van der Waals surface area contributed by atoms with Crippen molar-refractivity contribution >= 4 is 45.4 Å². The minimum atomic E-state index is -0.472. The zero-order valence-corrected chi connectivity index (χ0v) is 18.6. The van der Waals surface area contributed by atoms with Gasteiger partial charge in [-0.15, -0.1) is 0 Å². The summed E-state index contributed by atoms with van der Waals surface area (Å²) < 4.78 is 6.59. The lowest BCUT2D eigenvalue weighted by Crippen LogP contribution is -2.14. The van der Waals surface area contributed by atoms with E-state index in [1.807, 2.05) is 69.3 Å². The van der Waals surface area contributed by atoms with Crippen molar-refractivity contribution in [3.63, 3.8) is 0 Å². The van der Waals surface area contributed by atoms with Crippen molar-refractivity contribution in [2.75, 3.05) is 5.32 Å². The minimum absolute atomic E-state index is 0.0295. The summed E-state index contributed by atoms with van der Waals surface area (Å²) in [5.74, 6) is -0.0430. The highest BCUT2D eigenvalue weighted by Gasteiger charge is 2.14. The van der Waals surface area contributed by atoms with Crippen molar-refractivity contribution < 1.29 is 9.21 Å². The van der Waals surface area contributed by atoms with Gasteiger partial charge >= 0.3 is 0 Å². The second-order valence-electron chi connectivity index (χ2n) is 6.64. The number of amides is 1. The van der Waals surface area contributed by atoms with Crippen LogP contribution in [-0.2, 0) is 4.79 Å². The highest BCUT2D eigenvalue weighted by atomic mass is 79.9. The largest absolute Gasteiger partial charge is 0.449 e. The van der Waals surface area contributed by atoms with Gasteiger partial charge < -0.3 is 9.73 Å². The number of anilines is 1. The van der Waals surface area contributed by atoms with E-state index in [0.29, 0.717) is 16.5 Å². The van der Waals surface area contributed by atoms with Crippen LogP contribution in [0.5, 0.6) is 0 Å². The number of furan rings is 1. The third-order valence-corrected chi connectivity index (χ3v) is 6.04. The molecule has 0 aliphatic carbocycles. The van der Waals surface area contributed by atoms with Gasteiger partial charge in [-0.05, 0) is 66.5 Å². The molecule has 4 nitrogen and oxygen atoms in total. The molecule has 3 aromatic rings. The van der Waals surface area contributed by atoms with Gasteiger partial charge in [-0.25, -0.2) is 0 Å². The molecule has 0 fully saturated rings. The maximum atomic E-state index is 12.5. The predicted molar refractivity (Wildman–Crippen MR) is 120 cm³/mol. The number of carbonyl (C=O) groups is 1. The van der Waals surface area contributed by atoms with E-state index < -0.39 is 5.91 Å². The first-order valence-electron chi connectivity index (χ1n) is 8.90. The fourth-order valence-corrected chi connectivity index (χ4v) is 3.99. The van der Waals surface area contributed by atoms with Crippen molar-refractivity contribution in [2.24, 2.45) is 0 Å². The van der Waals surface area contributed by atoms with Gasteiger partial charge in [0.25, 0.3) is 5.91 Å². The van der Waals surface area contributed by atoms with Gasteiger partial charge in [0.1, 0.15) is 17.4 Å². The minimum Gasteiger partial charge on any atom is -0.449 e. The SMILES string of the molecule is Cc1ccc(Sc2oc(/C=C(\C#N)C(=O)Nc3ccc(C)cc3C)cc2Br)cc1. The lowest BCUT2D eigenvalue weighted by atomic mass is 10.1. The maximum absolute atomic E-state index is 12.5. The topological polar surface area (TPSA) is 66.0 Å². The van der Waals surface area contributed by atoms with Crippen LogP contribution in [0.3, 0.4) is 0 Å². The Bertz CT molecular complexity index is 1120. The Kier molecular flexibility index (Phi) is 6.63. The Hall–Kier alpha value is -2.75. The van der Waals surface area contributed by atoms with Crippen LogP contribution in [0.1, 0.15) is 22.5 Å². The van der Waals surface area contributed by atoms with Crippen molar-refractivity contribution in [3.8, 4) is 6.07 Å². The van der Waals surface area contributed by atoms with Crippen LogP contribution < -0.4 is 5.32 Å². The van der Waals surface area contributed by atoms with Crippen LogP contribution in [0.4, 0.5) is 5.69 Å². The summed E-state index contributed by atoms with van der Waals surface area (Å²) >= 11 is 4.95. The van der Waals surface area contributed by atoms with E-state index in [1.54, 1.807) is 6.07 Å². The molecule has 0 unspecified atom stereocenters. The monoisotopic (exact) mass is 466 g/mol. The zero-order valence-electron chi connectivity index (χ0n) is 16.2. The van der Waals surface area contributed by atoms with E-state index in [1.165, 1.54) is 23.4 Å². The van der Waals surface area contributed by atoms with E-state index in [4.69, 9.17) is 4.42 Å². The van der Waals surface area contributed by atoms with Crippen molar-refractivity contribution in [1.29, 1.82) is 5.26 Å². The molecule has 6 heteroatoms. The first-order chi connectivity index (χ1) is 13.9. The molecule has 1 amide bonds. The number of halogens is 1. The fourth-order valence-electron chi connectivity index (χ4n) is 2.66. The lowest BCUT2D eigenvalue weighted by molar-refractivity contribution is -0.112. The molecule has 0 atom stereocenters. The molecule has 0 saturated heterocycles. The lowest BCUT2D eigenvalue weighted by Gasteiger charge is -2.08. The molecule has 0 spiro atoms. The van der Waals surface area contributed by atoms with E-state index in [9.17, 15) is 10.1 Å². The Balaban J connectivity index is 1.79. The van der Waals surface area contributed by atoms with Gasteiger partial charge in [0.05, 0.1) is 4.47 Å². The Morgan fingerprint density at radius 3 is 2.45 bits per heavy atom. The van der Waals surface area contributed by atoms with E-state index in [2.05, 4.69) is 21.2 Å². The molecule has 0 bridgehead atoms. The molecule has 1 heterocycles. The number of rotatable bonds is 5. The molecule has 3 rings (SSSR count). The molecule has 2 aromatic carbocycles. The smallest absolute Gasteiger partial charge is 0.266 e. The number of nitrogens with one attached hydrogen (secondary N) is 1. The zero-order chi connectivity index (χ0) is 21.0. The summed E-state index contributed by atoms with van der Waals surface area (Å²) in [5, 5.41) is 12.9. The van der Waals surface area contributed by atoms with Gasteiger partial charge in [-0.2, -0.15) is 5.26 Å². The molecule has 1 N–H and O–H groups in total. The molecule has 146 valence electrons. The predicted octanol–water partition coefficient (Wildman–Crippen LogP) is 6.66. The number of hydrogen-bond donors (Lipinski definition) is 1. The summed E-state index contributed by atoms with van der Waals surface area (Å²) in [5.41, 5.74) is 3.88. The molecule has 0 aliphatic rings. The first kappa shape index (κ1) is 21.0. The van der Waals surface area contributed by atoms with E-state index in [-0.39, 0.29) is 5.57 Å². The fraction of sp³-hybridized carbons (Fsp3) is 0.130. The number of hydrogen-bond acceptors (Lipinski definition) is 4. The molecule has 0 radical (unpaired) electrons. The van der Waals surface area contributed by atoms with Gasteiger partial charge in [-0.3, -0.25) is 4.79 Å². The second kappa shape index (κ2) is 9.17. The Labute approximate surface area is 182 Å². The highest BCUT2D eigenvalue weighted by Crippen LogP contribution is 2.36. The number of nitriles is 1. The van der Waals surface area contributed by atoms with Crippen LogP contribution in [0.15, 0.2) is 73.0 Å². The Morgan fingerprint density at radius 1 is 1.10 bits per heavy atom. The molecule has 0 aliphatic heterocycles. The molecular weight excluding hydrogens is 448 g/mol. The van der Waals surface area contributed by atoms with Crippen molar-refractivity contribution in [2.45, 2.75) is 30.8 Å². The molecule has 1 aromatic heterocycles. The van der Waals surface area contributed by atoms with Crippen LogP contribution >= 0.6 is 27.7 Å². The Morgan fingerprint density at radius 2 is 1.79 bits per heavy atom.